The zero-order valence-electron chi connectivity index (χ0n) is 15.3. The van der Waals surface area contributed by atoms with E-state index in [1.165, 1.54) is 0 Å². The van der Waals surface area contributed by atoms with E-state index in [0.29, 0.717) is 5.75 Å². The summed E-state index contributed by atoms with van der Waals surface area (Å²) in [4.78, 5) is 26.0. The Kier molecular flexibility index (Phi) is 6.30. The van der Waals surface area contributed by atoms with Gasteiger partial charge in [0.05, 0.1) is 12.5 Å². The number of primary amides is 1. The van der Waals surface area contributed by atoms with Gasteiger partial charge in [-0.3, -0.25) is 4.79 Å². The molecule has 0 unspecified atom stereocenters. The number of benzene rings is 2. The molecule has 0 saturated carbocycles. The van der Waals surface area contributed by atoms with Gasteiger partial charge in [0.1, 0.15) is 11.5 Å². The van der Waals surface area contributed by atoms with E-state index < -0.39 is 12.1 Å². The first-order chi connectivity index (χ1) is 13.1. The maximum atomic E-state index is 12.6. The minimum absolute atomic E-state index is 0.0304. The van der Waals surface area contributed by atoms with Crippen LogP contribution in [0.15, 0.2) is 54.6 Å². The number of hydrogen-bond acceptors (Lipinski definition) is 3. The molecule has 1 atom stereocenters. The van der Waals surface area contributed by atoms with Crippen molar-refractivity contribution in [2.75, 3.05) is 13.1 Å². The molecule has 1 saturated heterocycles. The highest BCUT2D eigenvalue weighted by molar-refractivity contribution is 5.79. The molecule has 27 heavy (non-hydrogen) atoms. The van der Waals surface area contributed by atoms with Crippen LogP contribution < -0.4 is 15.8 Å². The van der Waals surface area contributed by atoms with Crippen LogP contribution in [0.25, 0.3) is 0 Å². The number of rotatable bonds is 6. The van der Waals surface area contributed by atoms with Crippen LogP contribution in [-0.2, 0) is 4.79 Å². The van der Waals surface area contributed by atoms with Crippen LogP contribution in [0.3, 0.4) is 0 Å². The number of likely N-dealkylation sites (tertiary alicyclic amines) is 1. The van der Waals surface area contributed by atoms with Crippen molar-refractivity contribution in [3.63, 3.8) is 0 Å². The Balaban J connectivity index is 1.74. The fourth-order valence-electron chi connectivity index (χ4n) is 3.29. The molecule has 0 aromatic heterocycles. The van der Waals surface area contributed by atoms with Crippen molar-refractivity contribution in [1.82, 2.24) is 10.2 Å². The molecule has 0 spiro atoms. The van der Waals surface area contributed by atoms with Gasteiger partial charge in [0.15, 0.2) is 0 Å². The third kappa shape index (κ3) is 5.48. The summed E-state index contributed by atoms with van der Waals surface area (Å²) in [6, 6.07) is 15.7. The lowest BCUT2D eigenvalue weighted by atomic mass is 10.0. The third-order valence-electron chi connectivity index (χ3n) is 4.64. The van der Waals surface area contributed by atoms with Crippen molar-refractivity contribution in [3.8, 4) is 11.5 Å². The van der Waals surface area contributed by atoms with E-state index >= 15 is 0 Å². The molecular weight excluding hydrogens is 342 g/mol. The summed E-state index contributed by atoms with van der Waals surface area (Å²) in [5.41, 5.74) is 6.13. The van der Waals surface area contributed by atoms with E-state index in [1.54, 1.807) is 0 Å². The van der Waals surface area contributed by atoms with Crippen molar-refractivity contribution in [2.24, 2.45) is 5.73 Å². The lowest BCUT2D eigenvalue weighted by Gasteiger charge is -2.28. The first-order valence-corrected chi connectivity index (χ1v) is 9.28. The van der Waals surface area contributed by atoms with Gasteiger partial charge < -0.3 is 20.7 Å². The molecule has 6 nitrogen and oxygen atoms in total. The number of para-hydroxylation sites is 1. The van der Waals surface area contributed by atoms with Crippen LogP contribution in [-0.4, -0.2) is 29.9 Å². The van der Waals surface area contributed by atoms with Crippen LogP contribution in [0.1, 0.15) is 37.3 Å². The predicted octanol–water partition coefficient (Wildman–Crippen LogP) is 3.59. The van der Waals surface area contributed by atoms with E-state index in [2.05, 4.69) is 5.32 Å². The Bertz CT molecular complexity index is 773. The first-order valence-electron chi connectivity index (χ1n) is 9.28. The van der Waals surface area contributed by atoms with E-state index in [-0.39, 0.29) is 12.3 Å². The molecule has 3 N–H and O–H groups in total. The largest absolute Gasteiger partial charge is 0.457 e. The highest BCUT2D eigenvalue weighted by Crippen LogP contribution is 2.26. The van der Waals surface area contributed by atoms with E-state index in [0.717, 1.165) is 43.7 Å². The molecule has 142 valence electrons. The molecule has 0 aliphatic carbocycles. The summed E-state index contributed by atoms with van der Waals surface area (Å²) in [6.45, 7) is 1.55. The molecule has 1 aliphatic rings. The van der Waals surface area contributed by atoms with Crippen LogP contribution in [0.4, 0.5) is 4.79 Å². The molecule has 0 bridgehead atoms. The van der Waals surface area contributed by atoms with Crippen LogP contribution >= 0.6 is 0 Å². The Morgan fingerprint density at radius 2 is 1.70 bits per heavy atom. The van der Waals surface area contributed by atoms with Gasteiger partial charge in [-0.1, -0.05) is 30.3 Å². The monoisotopic (exact) mass is 367 g/mol. The number of ether oxygens (including phenoxy) is 1. The Hall–Kier alpha value is -3.02. The molecule has 1 fully saturated rings. The first kappa shape index (κ1) is 18.8. The Labute approximate surface area is 159 Å². The number of carbonyl (C=O) groups is 2. The van der Waals surface area contributed by atoms with Crippen molar-refractivity contribution in [1.29, 1.82) is 0 Å². The lowest BCUT2D eigenvalue weighted by molar-refractivity contribution is -0.132. The number of nitrogens with zero attached hydrogens (tertiary/aromatic N) is 1. The molecule has 2 aromatic rings. The molecule has 2 aromatic carbocycles. The van der Waals surface area contributed by atoms with Crippen LogP contribution in [0.2, 0.25) is 0 Å². The lowest BCUT2D eigenvalue weighted by Crippen LogP contribution is -2.40. The van der Waals surface area contributed by atoms with Crippen molar-refractivity contribution in [2.45, 2.75) is 31.7 Å². The number of nitrogens with two attached hydrogens (primary N) is 1. The summed E-state index contributed by atoms with van der Waals surface area (Å²) in [5, 5.41) is 2.69. The number of urea groups is 1. The number of nitrogens with one attached hydrogen (secondary N) is 1. The highest BCUT2D eigenvalue weighted by atomic mass is 16.5. The van der Waals surface area contributed by atoms with Crippen LogP contribution in [0, 0.1) is 0 Å². The minimum atomic E-state index is -0.652. The molecule has 6 heteroatoms. The Morgan fingerprint density at radius 1 is 1.00 bits per heavy atom. The number of carbonyl (C=O) groups excluding carboxylic acids is 2. The number of amides is 3. The van der Waals surface area contributed by atoms with Crippen molar-refractivity contribution in [3.05, 3.63) is 60.2 Å². The van der Waals surface area contributed by atoms with Gasteiger partial charge in [-0.15, -0.1) is 0 Å². The molecular formula is C21H25N3O3. The second-order valence-corrected chi connectivity index (χ2v) is 6.69. The van der Waals surface area contributed by atoms with Gasteiger partial charge >= 0.3 is 6.03 Å². The average Bonchev–Trinajstić information content (AvgIpc) is 2.69. The standard InChI is InChI=1S/C21H25N3O3/c22-21(26)23-19(15-20(25)24-12-5-2-6-13-24)16-8-7-11-18(14-16)27-17-9-3-1-4-10-17/h1,3-4,7-11,14,19H,2,5-6,12-13,15H2,(H3,22,23,26)/t19-/m1/s1. The topological polar surface area (TPSA) is 84.7 Å². The summed E-state index contributed by atoms with van der Waals surface area (Å²) >= 11 is 0. The van der Waals surface area contributed by atoms with Gasteiger partial charge in [-0.05, 0) is 49.1 Å². The fourth-order valence-corrected chi connectivity index (χ4v) is 3.29. The predicted molar refractivity (Wildman–Crippen MR) is 103 cm³/mol. The van der Waals surface area contributed by atoms with Gasteiger partial charge in [-0.25, -0.2) is 4.79 Å². The zero-order valence-corrected chi connectivity index (χ0v) is 15.3. The zero-order chi connectivity index (χ0) is 19.1. The normalized spacial score (nSPS) is 15.0. The van der Waals surface area contributed by atoms with E-state index in [1.807, 2.05) is 59.5 Å². The summed E-state index contributed by atoms with van der Waals surface area (Å²) in [6.07, 6.45) is 3.39. The molecule has 1 heterocycles. The summed E-state index contributed by atoms with van der Waals surface area (Å²) < 4.78 is 5.86. The average molecular weight is 367 g/mol. The summed E-state index contributed by atoms with van der Waals surface area (Å²) in [7, 11) is 0. The molecule has 0 radical (unpaired) electrons. The second-order valence-electron chi connectivity index (χ2n) is 6.69. The van der Waals surface area contributed by atoms with Gasteiger partial charge in [-0.2, -0.15) is 0 Å². The number of hydrogen-bond donors (Lipinski definition) is 2. The third-order valence-corrected chi connectivity index (χ3v) is 4.64. The van der Waals surface area contributed by atoms with E-state index in [9.17, 15) is 9.59 Å². The Morgan fingerprint density at radius 3 is 2.41 bits per heavy atom. The smallest absolute Gasteiger partial charge is 0.312 e. The van der Waals surface area contributed by atoms with Crippen molar-refractivity contribution < 1.29 is 14.3 Å². The van der Waals surface area contributed by atoms with Gasteiger partial charge in [0.25, 0.3) is 0 Å². The highest BCUT2D eigenvalue weighted by Gasteiger charge is 2.23. The molecule has 1 aliphatic heterocycles. The molecule has 3 rings (SSSR count). The maximum absolute atomic E-state index is 12.6. The number of piperidine rings is 1. The van der Waals surface area contributed by atoms with Gasteiger partial charge in [0, 0.05) is 13.1 Å². The van der Waals surface area contributed by atoms with E-state index in [4.69, 9.17) is 10.5 Å². The van der Waals surface area contributed by atoms with Gasteiger partial charge in [0.2, 0.25) is 5.91 Å². The maximum Gasteiger partial charge on any atom is 0.312 e. The van der Waals surface area contributed by atoms with Crippen molar-refractivity contribution >= 4 is 11.9 Å². The quantitative estimate of drug-likeness (QED) is 0.818. The second kappa shape index (κ2) is 9.07. The summed E-state index contributed by atoms with van der Waals surface area (Å²) in [5.74, 6) is 1.39. The molecule has 3 amide bonds. The minimum Gasteiger partial charge on any atom is -0.457 e. The fraction of sp³-hybridized carbons (Fsp3) is 0.333. The SMILES string of the molecule is NC(=O)N[C@H](CC(=O)N1CCCCC1)c1cccc(Oc2ccccc2)c1. The van der Waals surface area contributed by atoms with Crippen LogP contribution in [0.5, 0.6) is 11.5 Å².